The fourth-order valence-corrected chi connectivity index (χ4v) is 1.68. The molecule has 0 amide bonds. The predicted octanol–water partition coefficient (Wildman–Crippen LogP) is 1.73. The normalized spacial score (nSPS) is 29.0. The predicted molar refractivity (Wildman–Crippen MR) is 48.4 cm³/mol. The number of nitrogens with zero attached hydrogens (tertiary/aromatic N) is 1. The Morgan fingerprint density at radius 3 is 2.42 bits per heavy atom. The molecular formula is C8H11NO2S. The number of isothiocyanates is 1. The van der Waals surface area contributed by atoms with Gasteiger partial charge < -0.3 is 5.11 Å². The molecule has 0 aromatic rings. The van der Waals surface area contributed by atoms with Crippen molar-refractivity contribution >= 4 is 23.3 Å². The molecule has 0 aliphatic heterocycles. The molecule has 0 atom stereocenters. The molecule has 0 radical (unpaired) electrons. The van der Waals surface area contributed by atoms with Crippen molar-refractivity contribution in [3.63, 3.8) is 0 Å². The van der Waals surface area contributed by atoms with Crippen LogP contribution in [0.2, 0.25) is 0 Å². The molecule has 4 heteroatoms. The van der Waals surface area contributed by atoms with E-state index in [1.807, 2.05) is 0 Å². The molecular weight excluding hydrogens is 174 g/mol. The summed E-state index contributed by atoms with van der Waals surface area (Å²) in [5, 5.41) is 11.0. The molecule has 1 rings (SSSR count). The Balaban J connectivity index is 2.39. The zero-order valence-electron chi connectivity index (χ0n) is 6.69. The van der Waals surface area contributed by atoms with Crippen molar-refractivity contribution in [2.24, 2.45) is 10.9 Å². The number of rotatable bonds is 2. The van der Waals surface area contributed by atoms with Crippen molar-refractivity contribution < 1.29 is 9.90 Å². The topological polar surface area (TPSA) is 49.7 Å². The minimum Gasteiger partial charge on any atom is -0.481 e. The van der Waals surface area contributed by atoms with Crippen molar-refractivity contribution in [3.05, 3.63) is 0 Å². The van der Waals surface area contributed by atoms with Crippen molar-refractivity contribution in [3.8, 4) is 0 Å². The maximum absolute atomic E-state index is 10.6. The van der Waals surface area contributed by atoms with Gasteiger partial charge in [0.1, 0.15) is 0 Å². The molecule has 1 saturated carbocycles. The summed E-state index contributed by atoms with van der Waals surface area (Å²) in [6, 6.07) is 0.220. The van der Waals surface area contributed by atoms with E-state index in [4.69, 9.17) is 5.11 Å². The molecule has 0 saturated heterocycles. The van der Waals surface area contributed by atoms with Crippen LogP contribution in [-0.4, -0.2) is 22.3 Å². The smallest absolute Gasteiger partial charge is 0.306 e. The quantitative estimate of drug-likeness (QED) is 0.526. The van der Waals surface area contributed by atoms with E-state index in [1.165, 1.54) is 0 Å². The summed E-state index contributed by atoms with van der Waals surface area (Å²) >= 11 is 4.48. The van der Waals surface area contributed by atoms with Gasteiger partial charge in [-0.2, -0.15) is 0 Å². The van der Waals surface area contributed by atoms with E-state index in [1.54, 1.807) is 0 Å². The second-order valence-electron chi connectivity index (χ2n) is 3.06. The second kappa shape index (κ2) is 4.33. The summed E-state index contributed by atoms with van der Waals surface area (Å²) in [4.78, 5) is 14.5. The Morgan fingerprint density at radius 1 is 1.42 bits per heavy atom. The van der Waals surface area contributed by atoms with Crippen LogP contribution in [0, 0.1) is 5.92 Å². The number of aliphatic imine (C=N–C) groups is 1. The van der Waals surface area contributed by atoms with E-state index in [2.05, 4.69) is 22.4 Å². The lowest BCUT2D eigenvalue weighted by atomic mass is 9.86. The largest absolute Gasteiger partial charge is 0.481 e. The number of carbonyl (C=O) groups is 1. The van der Waals surface area contributed by atoms with E-state index in [9.17, 15) is 4.79 Å². The van der Waals surface area contributed by atoms with E-state index in [0.717, 1.165) is 25.7 Å². The third kappa shape index (κ3) is 2.40. The van der Waals surface area contributed by atoms with Gasteiger partial charge >= 0.3 is 5.97 Å². The Hall–Kier alpha value is -0.730. The molecule has 0 unspecified atom stereocenters. The second-order valence-corrected chi connectivity index (χ2v) is 3.25. The Bertz CT molecular complexity index is 205. The molecule has 66 valence electrons. The summed E-state index contributed by atoms with van der Waals surface area (Å²) in [5.41, 5.74) is 0. The van der Waals surface area contributed by atoms with Gasteiger partial charge in [-0.05, 0) is 37.9 Å². The molecule has 1 fully saturated rings. The summed E-state index contributed by atoms with van der Waals surface area (Å²) in [6.07, 6.45) is 3.11. The molecule has 0 bridgehead atoms. The maximum Gasteiger partial charge on any atom is 0.306 e. The lowest BCUT2D eigenvalue weighted by Gasteiger charge is -2.21. The van der Waals surface area contributed by atoms with Crippen molar-refractivity contribution in [2.45, 2.75) is 31.7 Å². The Morgan fingerprint density at radius 2 is 2.00 bits per heavy atom. The summed E-state index contributed by atoms with van der Waals surface area (Å²) in [7, 11) is 0. The lowest BCUT2D eigenvalue weighted by molar-refractivity contribution is -0.142. The third-order valence-electron chi connectivity index (χ3n) is 2.28. The van der Waals surface area contributed by atoms with Gasteiger partial charge in [-0.15, -0.1) is 0 Å². The number of carboxylic acid groups (broad SMARTS) is 1. The Labute approximate surface area is 76.5 Å². The van der Waals surface area contributed by atoms with Gasteiger partial charge in [-0.25, -0.2) is 4.99 Å². The number of aliphatic carboxylic acids is 1. The van der Waals surface area contributed by atoms with Gasteiger partial charge in [0.05, 0.1) is 17.1 Å². The first-order valence-electron chi connectivity index (χ1n) is 4.04. The lowest BCUT2D eigenvalue weighted by Crippen LogP contribution is -2.22. The highest BCUT2D eigenvalue weighted by atomic mass is 32.1. The van der Waals surface area contributed by atoms with Crippen molar-refractivity contribution in [2.75, 3.05) is 0 Å². The van der Waals surface area contributed by atoms with Gasteiger partial charge in [0.15, 0.2) is 0 Å². The average Bonchev–Trinajstić information content (AvgIpc) is 2.06. The molecule has 0 aromatic heterocycles. The average molecular weight is 185 g/mol. The molecule has 1 aliphatic carbocycles. The van der Waals surface area contributed by atoms with Crippen LogP contribution in [0.15, 0.2) is 4.99 Å². The van der Waals surface area contributed by atoms with E-state index >= 15 is 0 Å². The van der Waals surface area contributed by atoms with Crippen LogP contribution in [0.25, 0.3) is 0 Å². The first-order valence-corrected chi connectivity index (χ1v) is 4.44. The van der Waals surface area contributed by atoms with Crippen LogP contribution in [0.4, 0.5) is 0 Å². The van der Waals surface area contributed by atoms with Gasteiger partial charge in [-0.1, -0.05) is 0 Å². The highest BCUT2D eigenvalue weighted by Gasteiger charge is 2.25. The minimum atomic E-state index is -0.681. The molecule has 12 heavy (non-hydrogen) atoms. The van der Waals surface area contributed by atoms with Gasteiger partial charge in [0.2, 0.25) is 0 Å². The fraction of sp³-hybridized carbons (Fsp3) is 0.750. The standard InChI is InChI=1S/C8H11NO2S/c10-8(11)6-1-3-7(4-2-6)9-5-12/h6-7H,1-4H2,(H,10,11). The van der Waals surface area contributed by atoms with Gasteiger partial charge in [0, 0.05) is 0 Å². The Kier molecular flexibility index (Phi) is 3.38. The van der Waals surface area contributed by atoms with Crippen LogP contribution in [-0.2, 0) is 4.79 Å². The fourth-order valence-electron chi connectivity index (χ4n) is 1.53. The zero-order valence-corrected chi connectivity index (χ0v) is 7.51. The first-order chi connectivity index (χ1) is 5.74. The zero-order chi connectivity index (χ0) is 8.97. The molecule has 0 spiro atoms. The first kappa shape index (κ1) is 9.36. The van der Waals surface area contributed by atoms with E-state index in [-0.39, 0.29) is 12.0 Å². The molecule has 1 N–H and O–H groups in total. The van der Waals surface area contributed by atoms with Crippen molar-refractivity contribution in [1.29, 1.82) is 0 Å². The number of carboxylic acids is 1. The third-order valence-corrected chi connectivity index (χ3v) is 2.39. The van der Waals surface area contributed by atoms with Crippen LogP contribution >= 0.6 is 12.2 Å². The molecule has 1 aliphatic rings. The van der Waals surface area contributed by atoms with Crippen LogP contribution in [0.5, 0.6) is 0 Å². The van der Waals surface area contributed by atoms with Crippen LogP contribution in [0.3, 0.4) is 0 Å². The van der Waals surface area contributed by atoms with E-state index in [0.29, 0.717) is 0 Å². The number of hydrogen-bond donors (Lipinski definition) is 1. The van der Waals surface area contributed by atoms with Gasteiger partial charge in [0.25, 0.3) is 0 Å². The van der Waals surface area contributed by atoms with Gasteiger partial charge in [-0.3, -0.25) is 4.79 Å². The number of thiocarbonyl (C=S) groups is 1. The van der Waals surface area contributed by atoms with E-state index < -0.39 is 5.97 Å². The van der Waals surface area contributed by atoms with Crippen molar-refractivity contribution in [1.82, 2.24) is 0 Å². The molecule has 3 nitrogen and oxygen atoms in total. The minimum absolute atomic E-state index is 0.165. The summed E-state index contributed by atoms with van der Waals surface area (Å²) in [6.45, 7) is 0. The van der Waals surface area contributed by atoms with Crippen LogP contribution < -0.4 is 0 Å². The highest BCUT2D eigenvalue weighted by Crippen LogP contribution is 2.25. The summed E-state index contributed by atoms with van der Waals surface area (Å²) in [5.74, 6) is -0.846. The van der Waals surface area contributed by atoms with Crippen LogP contribution in [0.1, 0.15) is 25.7 Å². The maximum atomic E-state index is 10.6. The highest BCUT2D eigenvalue weighted by molar-refractivity contribution is 7.78. The molecule has 0 aromatic carbocycles. The number of hydrogen-bond acceptors (Lipinski definition) is 3. The summed E-state index contributed by atoms with van der Waals surface area (Å²) < 4.78 is 0. The monoisotopic (exact) mass is 185 g/mol. The molecule has 0 heterocycles. The SMILES string of the molecule is O=C(O)C1CCC(N=C=S)CC1.